The lowest BCUT2D eigenvalue weighted by molar-refractivity contribution is -0.122. The zero-order chi connectivity index (χ0) is 25.4. The number of benzene rings is 3. The molecule has 0 saturated carbocycles. The van der Waals surface area contributed by atoms with Gasteiger partial charge in [-0.3, -0.25) is 4.79 Å². The van der Waals surface area contributed by atoms with Crippen molar-refractivity contribution in [3.05, 3.63) is 82.2 Å². The van der Waals surface area contributed by atoms with Gasteiger partial charge in [0.15, 0.2) is 17.6 Å². The van der Waals surface area contributed by atoms with Gasteiger partial charge in [0.2, 0.25) is 5.75 Å². The summed E-state index contributed by atoms with van der Waals surface area (Å²) in [6.07, 6.45) is -1.14. The fourth-order valence-electron chi connectivity index (χ4n) is 4.43. The van der Waals surface area contributed by atoms with Crippen molar-refractivity contribution in [2.45, 2.75) is 12.0 Å². The van der Waals surface area contributed by atoms with E-state index in [1.54, 1.807) is 60.7 Å². The monoisotopic (exact) mass is 489 g/mol. The second kappa shape index (κ2) is 9.18. The van der Waals surface area contributed by atoms with Crippen LogP contribution in [-0.2, 0) is 4.79 Å². The summed E-state index contributed by atoms with van der Waals surface area (Å²) < 4.78 is 27.6. The Labute approximate surface area is 205 Å². The van der Waals surface area contributed by atoms with E-state index in [2.05, 4.69) is 5.32 Å². The molecule has 1 aliphatic heterocycles. The Bertz CT molecular complexity index is 1500. The molecule has 0 aliphatic carbocycles. The summed E-state index contributed by atoms with van der Waals surface area (Å²) in [6.45, 7) is 0. The maximum Gasteiger partial charge on any atom is 0.344 e. The second-order valence-corrected chi connectivity index (χ2v) is 8.14. The number of carbonyl (C=O) groups excluding carboxylic acids is 1. The van der Waals surface area contributed by atoms with Crippen LogP contribution in [0.15, 0.2) is 69.9 Å². The molecule has 0 spiro atoms. The van der Waals surface area contributed by atoms with Crippen molar-refractivity contribution >= 4 is 22.6 Å². The van der Waals surface area contributed by atoms with E-state index in [-0.39, 0.29) is 28.6 Å². The van der Waals surface area contributed by atoms with Crippen molar-refractivity contribution < 1.29 is 33.3 Å². The average Bonchev–Trinajstić information content (AvgIpc) is 3.31. The van der Waals surface area contributed by atoms with Gasteiger partial charge in [0.25, 0.3) is 5.91 Å². The van der Waals surface area contributed by atoms with Crippen molar-refractivity contribution in [1.29, 1.82) is 0 Å². The Kier molecular flexibility index (Phi) is 5.89. The smallest absolute Gasteiger partial charge is 0.344 e. The number of methoxy groups -OCH3 is 3. The Hall–Kier alpha value is -4.66. The van der Waals surface area contributed by atoms with Gasteiger partial charge in [0.05, 0.1) is 38.2 Å². The molecule has 1 amide bonds. The topological polar surface area (TPSA) is 116 Å². The van der Waals surface area contributed by atoms with Gasteiger partial charge in [-0.2, -0.15) is 0 Å². The lowest BCUT2D eigenvalue weighted by Crippen LogP contribution is -2.35. The first-order valence-electron chi connectivity index (χ1n) is 11.1. The third kappa shape index (κ3) is 3.84. The molecule has 0 unspecified atom stereocenters. The SMILES string of the molecule is COc1cccc(NC(=O)[C@H]2Oc3c(c(=O)oc4ccccc34)[C@@H]2c2cc(OC)c(O)c(OC)c2)c1. The number of fused-ring (bicyclic) bond motifs is 3. The number of ether oxygens (including phenoxy) is 4. The van der Waals surface area contributed by atoms with Gasteiger partial charge < -0.3 is 33.8 Å². The van der Waals surface area contributed by atoms with Gasteiger partial charge >= 0.3 is 5.63 Å². The van der Waals surface area contributed by atoms with Crippen molar-refractivity contribution in [2.75, 3.05) is 26.6 Å². The molecule has 1 aliphatic rings. The van der Waals surface area contributed by atoms with E-state index in [4.69, 9.17) is 23.4 Å². The Balaban J connectivity index is 1.67. The summed E-state index contributed by atoms with van der Waals surface area (Å²) in [6, 6.07) is 16.9. The first-order chi connectivity index (χ1) is 17.4. The molecule has 0 fully saturated rings. The Morgan fingerprint density at radius 3 is 2.36 bits per heavy atom. The van der Waals surface area contributed by atoms with E-state index in [0.29, 0.717) is 28.0 Å². The molecule has 184 valence electrons. The molecular weight excluding hydrogens is 466 g/mol. The van der Waals surface area contributed by atoms with Crippen LogP contribution >= 0.6 is 0 Å². The van der Waals surface area contributed by atoms with Crippen LogP contribution in [-0.4, -0.2) is 38.4 Å². The average molecular weight is 489 g/mol. The van der Waals surface area contributed by atoms with Crippen LogP contribution in [0.3, 0.4) is 0 Å². The lowest BCUT2D eigenvalue weighted by atomic mass is 9.87. The van der Waals surface area contributed by atoms with Gasteiger partial charge in [0.1, 0.15) is 17.1 Å². The molecule has 36 heavy (non-hydrogen) atoms. The molecule has 1 aromatic heterocycles. The highest BCUT2D eigenvalue weighted by Crippen LogP contribution is 2.48. The van der Waals surface area contributed by atoms with Crippen LogP contribution in [0.4, 0.5) is 5.69 Å². The number of phenolic OH excluding ortho intramolecular Hbond substituents is 1. The first kappa shape index (κ1) is 23.1. The summed E-state index contributed by atoms with van der Waals surface area (Å²) in [5.74, 6) is -0.493. The highest BCUT2D eigenvalue weighted by Gasteiger charge is 2.45. The van der Waals surface area contributed by atoms with Gasteiger partial charge in [-0.05, 0) is 42.0 Å². The molecule has 2 N–H and O–H groups in total. The predicted octanol–water partition coefficient (Wildman–Crippen LogP) is 4.06. The van der Waals surface area contributed by atoms with E-state index in [1.807, 2.05) is 0 Å². The standard InChI is InChI=1S/C27H23NO8/c1-32-16-8-6-7-15(13-16)28-26(30)25-21(14-11-19(33-2)23(29)20(12-14)34-3)22-24(36-25)17-9-4-5-10-18(17)35-27(22)31/h4-13,21,25,29H,1-3H3,(H,28,30)/t21-,25-/m0/s1. The maximum atomic E-state index is 13.6. The van der Waals surface area contributed by atoms with Gasteiger partial charge in [-0.25, -0.2) is 4.79 Å². The highest BCUT2D eigenvalue weighted by atomic mass is 16.5. The van der Waals surface area contributed by atoms with E-state index in [0.717, 1.165) is 0 Å². The normalized spacial score (nSPS) is 16.2. The number of carbonyl (C=O) groups is 1. The largest absolute Gasteiger partial charge is 0.502 e. The van der Waals surface area contributed by atoms with Crippen LogP contribution in [0.2, 0.25) is 0 Å². The van der Waals surface area contributed by atoms with Crippen molar-refractivity contribution in [1.82, 2.24) is 0 Å². The number of anilines is 1. The number of rotatable bonds is 6. The highest BCUT2D eigenvalue weighted by molar-refractivity contribution is 5.98. The molecule has 3 aromatic carbocycles. The van der Waals surface area contributed by atoms with E-state index in [9.17, 15) is 14.7 Å². The number of aromatic hydroxyl groups is 1. The number of amides is 1. The van der Waals surface area contributed by atoms with Gasteiger partial charge in [-0.15, -0.1) is 0 Å². The van der Waals surface area contributed by atoms with Crippen LogP contribution in [0, 0.1) is 0 Å². The fourth-order valence-corrected chi connectivity index (χ4v) is 4.43. The van der Waals surface area contributed by atoms with Crippen LogP contribution < -0.4 is 29.9 Å². The first-order valence-corrected chi connectivity index (χ1v) is 11.1. The maximum absolute atomic E-state index is 13.6. The second-order valence-electron chi connectivity index (χ2n) is 8.14. The molecule has 9 nitrogen and oxygen atoms in total. The Morgan fingerprint density at radius 1 is 0.944 bits per heavy atom. The van der Waals surface area contributed by atoms with E-state index in [1.165, 1.54) is 21.3 Å². The summed E-state index contributed by atoms with van der Waals surface area (Å²) in [7, 11) is 4.32. The van der Waals surface area contributed by atoms with Crippen LogP contribution in [0.5, 0.6) is 28.7 Å². The molecular formula is C27H23NO8. The number of hydrogen-bond donors (Lipinski definition) is 2. The third-order valence-corrected chi connectivity index (χ3v) is 6.11. The minimum atomic E-state index is -1.14. The number of nitrogens with one attached hydrogen (secondary N) is 1. The number of hydrogen-bond acceptors (Lipinski definition) is 8. The zero-order valence-corrected chi connectivity index (χ0v) is 19.7. The van der Waals surface area contributed by atoms with Gasteiger partial charge in [-0.1, -0.05) is 18.2 Å². The molecule has 5 rings (SSSR count). The molecule has 4 aromatic rings. The van der Waals surface area contributed by atoms with Crippen LogP contribution in [0.25, 0.3) is 11.0 Å². The third-order valence-electron chi connectivity index (χ3n) is 6.11. The summed E-state index contributed by atoms with van der Waals surface area (Å²) in [5, 5.41) is 13.8. The van der Waals surface area contributed by atoms with E-state index >= 15 is 0 Å². The summed E-state index contributed by atoms with van der Waals surface area (Å²) >= 11 is 0. The molecule has 2 atom stereocenters. The summed E-state index contributed by atoms with van der Waals surface area (Å²) in [5.41, 5.74) is 0.865. The lowest BCUT2D eigenvalue weighted by Gasteiger charge is -2.20. The predicted molar refractivity (Wildman–Crippen MR) is 132 cm³/mol. The fraction of sp³-hybridized carbons (Fsp3) is 0.185. The van der Waals surface area contributed by atoms with Crippen LogP contribution in [0.1, 0.15) is 17.0 Å². The molecule has 0 saturated heterocycles. The minimum absolute atomic E-state index is 0.120. The van der Waals surface area contributed by atoms with Crippen molar-refractivity contribution in [3.8, 4) is 28.7 Å². The summed E-state index contributed by atoms with van der Waals surface area (Å²) in [4.78, 5) is 26.8. The molecule has 0 bridgehead atoms. The van der Waals surface area contributed by atoms with Crippen molar-refractivity contribution in [3.63, 3.8) is 0 Å². The quantitative estimate of drug-likeness (QED) is 0.390. The molecule has 0 radical (unpaired) electrons. The van der Waals surface area contributed by atoms with Gasteiger partial charge in [0, 0.05) is 11.8 Å². The number of phenols is 1. The number of para-hydroxylation sites is 1. The minimum Gasteiger partial charge on any atom is -0.502 e. The van der Waals surface area contributed by atoms with Crippen molar-refractivity contribution in [2.24, 2.45) is 0 Å². The zero-order valence-electron chi connectivity index (χ0n) is 19.7. The molecule has 2 heterocycles. The van der Waals surface area contributed by atoms with E-state index < -0.39 is 23.6 Å². The Morgan fingerprint density at radius 2 is 1.67 bits per heavy atom. The molecule has 9 heteroatoms.